The van der Waals surface area contributed by atoms with Gasteiger partial charge in [-0.2, -0.15) is 90.1 Å². The molecular weight excluding hydrogens is 1350 g/mol. The third-order valence-corrected chi connectivity index (χ3v) is 17.1. The predicted molar refractivity (Wildman–Crippen MR) is 324 cm³/mol. The minimum absolute atomic E-state index is 0.0248. The van der Waals surface area contributed by atoms with Crippen molar-refractivity contribution in [1.82, 2.24) is 15.3 Å². The van der Waals surface area contributed by atoms with Crippen LogP contribution in [0.4, 0.5) is 91.7 Å². The number of nitrogens with one attached hydrogen (secondary N) is 2. The Bertz CT molecular complexity index is 3310. The van der Waals surface area contributed by atoms with Gasteiger partial charge >= 0.3 is 47.6 Å². The Morgan fingerprint density at radius 1 is 0.588 bits per heavy atom. The van der Waals surface area contributed by atoms with E-state index in [0.717, 1.165) is 17.8 Å². The average molecular weight is 1420 g/mol. The number of amides is 2. The van der Waals surface area contributed by atoms with Gasteiger partial charge in [0, 0.05) is 63.5 Å². The molecule has 0 aliphatic carbocycles. The van der Waals surface area contributed by atoms with Crippen LogP contribution >= 0.6 is 8.53 Å². The number of alkyl halides is 17. The quantitative estimate of drug-likeness (QED) is 0.0127. The summed E-state index contributed by atoms with van der Waals surface area (Å²) < 4.78 is 281. The standard InChI is InChI=1S/C64H71F17N7O8P/c1-41(2)88(42(3)4)97(95-37-12-34-82)96-53(40-94-57(45-14-10-9-11-15-45,46-18-28-51(91-7)29-19-46)47-20-30-52(92-8)31-21-47)39-93-36-13-35-83-55(90)44(38-84-54(89)43-16-22-48(23-17-43)85-86-49-24-26-50(27-25-49)87(5)6)32-33-56(65,66)58(67,68)59(69,70)60(71,72)61(73,74)62(75,76)63(77,78)64(79,80)81/h9-11,14-31,41-42,44,53H,12-13,32-33,35-40H2,1-8H3,(H,83,90)(H,84,89). The maximum absolute atomic E-state index is 15.4. The highest BCUT2D eigenvalue weighted by molar-refractivity contribution is 7.44. The van der Waals surface area contributed by atoms with Crippen molar-refractivity contribution in [2.24, 2.45) is 16.1 Å². The highest BCUT2D eigenvalue weighted by Gasteiger charge is 2.95. The first-order valence-electron chi connectivity index (χ1n) is 29.6. The van der Waals surface area contributed by atoms with Gasteiger partial charge in [0.2, 0.25) is 5.91 Å². The number of halogens is 17. The lowest BCUT2D eigenvalue weighted by atomic mass is 9.80. The fourth-order valence-corrected chi connectivity index (χ4v) is 11.2. The molecule has 33 heteroatoms. The molecule has 0 spiro atoms. The number of nitriles is 1. The van der Waals surface area contributed by atoms with Crippen LogP contribution in [0.3, 0.4) is 0 Å². The zero-order valence-electron chi connectivity index (χ0n) is 53.4. The molecule has 5 aromatic carbocycles. The molecule has 0 aliphatic heterocycles. The molecule has 0 saturated carbocycles. The van der Waals surface area contributed by atoms with E-state index < -0.39 is 112 Å². The Morgan fingerprint density at radius 2 is 1.06 bits per heavy atom. The Labute approximate surface area is 549 Å². The van der Waals surface area contributed by atoms with Crippen LogP contribution < -0.4 is 25.0 Å². The van der Waals surface area contributed by atoms with Crippen LogP contribution in [0.1, 0.15) is 80.4 Å². The lowest BCUT2D eigenvalue weighted by Crippen LogP contribution is -2.74. The van der Waals surface area contributed by atoms with E-state index in [-0.39, 0.29) is 62.6 Å². The molecule has 3 atom stereocenters. The SMILES string of the molecule is COc1ccc(C(OCC(COCCCNC(=O)C(CCC(F)(F)C(F)(F)C(F)(F)C(F)(F)C(F)(F)C(F)(F)C(F)(F)C(F)(F)F)CNC(=O)c2ccc(N=Nc3ccc(N(C)C)cc3)cc2)OP(OCCC#N)N(C(C)C)C(C)C)(c2ccccc2)c2ccc(OC)cc2)cc1. The van der Waals surface area contributed by atoms with E-state index in [9.17, 15) is 71.9 Å². The van der Waals surface area contributed by atoms with Gasteiger partial charge in [0.1, 0.15) is 23.2 Å². The van der Waals surface area contributed by atoms with E-state index in [1.165, 1.54) is 26.4 Å². The number of carbonyl (C=O) groups excluding carboxylic acids is 2. The lowest BCUT2D eigenvalue weighted by molar-refractivity contribution is -0.461. The maximum atomic E-state index is 15.4. The second-order valence-electron chi connectivity index (χ2n) is 22.6. The van der Waals surface area contributed by atoms with Gasteiger partial charge < -0.3 is 43.5 Å². The molecule has 0 heterocycles. The lowest BCUT2D eigenvalue weighted by Gasteiger charge is -2.43. The molecule has 3 unspecified atom stereocenters. The smallest absolute Gasteiger partial charge is 0.460 e. The van der Waals surface area contributed by atoms with Crippen molar-refractivity contribution in [2.45, 2.75) is 125 Å². The first-order chi connectivity index (χ1) is 45.2. The normalized spacial score (nSPS) is 14.2. The summed E-state index contributed by atoms with van der Waals surface area (Å²) >= 11 is 0. The molecule has 0 saturated heterocycles. The Balaban J connectivity index is 1.43. The van der Waals surface area contributed by atoms with E-state index in [4.69, 9.17) is 28.0 Å². The average Bonchev–Trinajstić information content (AvgIpc) is 0.697. The number of methoxy groups -OCH3 is 2. The number of benzene rings is 5. The molecule has 2 N–H and O–H groups in total. The third-order valence-electron chi connectivity index (χ3n) is 14.9. The number of nitrogens with zero attached hydrogens (tertiary/aromatic N) is 5. The van der Waals surface area contributed by atoms with Crippen LogP contribution in [-0.4, -0.2) is 150 Å². The van der Waals surface area contributed by atoms with Gasteiger partial charge in [-0.15, -0.1) is 0 Å². The number of anilines is 1. The van der Waals surface area contributed by atoms with Crippen LogP contribution in [0.25, 0.3) is 0 Å². The fourth-order valence-electron chi connectivity index (χ4n) is 9.53. The van der Waals surface area contributed by atoms with Gasteiger partial charge in [0.05, 0.1) is 63.8 Å². The molecule has 534 valence electrons. The van der Waals surface area contributed by atoms with E-state index >= 15 is 17.6 Å². The summed E-state index contributed by atoms with van der Waals surface area (Å²) in [6.07, 6.45) is -14.0. The van der Waals surface area contributed by atoms with Gasteiger partial charge in [0.25, 0.3) is 14.4 Å². The van der Waals surface area contributed by atoms with Gasteiger partial charge in [-0.3, -0.25) is 9.59 Å². The summed E-state index contributed by atoms with van der Waals surface area (Å²) in [6, 6.07) is 36.4. The van der Waals surface area contributed by atoms with Crippen LogP contribution in [0.15, 0.2) is 138 Å². The largest absolute Gasteiger partial charge is 0.497 e. The number of carbonyl (C=O) groups is 2. The van der Waals surface area contributed by atoms with Gasteiger partial charge in [-0.25, -0.2) is 4.67 Å². The number of rotatable bonds is 38. The van der Waals surface area contributed by atoms with E-state index in [1.807, 2.05) is 55.5 Å². The molecule has 0 fully saturated rings. The first-order valence-corrected chi connectivity index (χ1v) is 30.7. The topological polar surface area (TPSA) is 169 Å². The molecule has 0 bridgehead atoms. The monoisotopic (exact) mass is 1420 g/mol. The summed E-state index contributed by atoms with van der Waals surface area (Å²) in [4.78, 5) is 29.0. The number of ether oxygens (including phenoxy) is 4. The van der Waals surface area contributed by atoms with Crippen LogP contribution in [0.5, 0.6) is 11.5 Å². The van der Waals surface area contributed by atoms with Crippen molar-refractivity contribution >= 4 is 37.4 Å². The van der Waals surface area contributed by atoms with Crippen molar-refractivity contribution in [3.05, 3.63) is 150 Å². The second-order valence-corrected chi connectivity index (χ2v) is 24.0. The summed E-state index contributed by atoms with van der Waals surface area (Å²) in [5.41, 5.74) is 1.64. The molecule has 5 rings (SSSR count). The summed E-state index contributed by atoms with van der Waals surface area (Å²) in [5.74, 6) is -61.9. The minimum Gasteiger partial charge on any atom is -0.497 e. The minimum atomic E-state index is -8.83. The van der Waals surface area contributed by atoms with Crippen LogP contribution in [0, 0.1) is 17.2 Å². The molecular formula is C64H71F17N7O8P. The molecule has 15 nitrogen and oxygen atoms in total. The number of azo groups is 1. The highest BCUT2D eigenvalue weighted by Crippen LogP contribution is 2.64. The third kappa shape index (κ3) is 18.5. The Morgan fingerprint density at radius 3 is 1.53 bits per heavy atom. The van der Waals surface area contributed by atoms with Gasteiger partial charge in [0.15, 0.2) is 0 Å². The molecule has 0 radical (unpaired) electrons. The molecule has 97 heavy (non-hydrogen) atoms. The van der Waals surface area contributed by atoms with E-state index in [0.29, 0.717) is 33.9 Å². The van der Waals surface area contributed by atoms with Crippen molar-refractivity contribution in [3.63, 3.8) is 0 Å². The zero-order chi connectivity index (χ0) is 72.6. The maximum Gasteiger partial charge on any atom is 0.460 e. The number of hydrogen-bond donors (Lipinski definition) is 2. The Kier molecular flexibility index (Phi) is 27.6. The molecule has 2 amide bonds. The molecule has 5 aromatic rings. The van der Waals surface area contributed by atoms with Crippen molar-refractivity contribution < 1.29 is 112 Å². The van der Waals surface area contributed by atoms with Crippen LogP contribution in [-0.2, 0) is 28.9 Å². The van der Waals surface area contributed by atoms with E-state index in [1.54, 1.807) is 105 Å². The van der Waals surface area contributed by atoms with Crippen LogP contribution in [0.2, 0.25) is 0 Å². The second kappa shape index (κ2) is 33.4. The summed E-state index contributed by atoms with van der Waals surface area (Å²) in [7, 11) is 4.57. The van der Waals surface area contributed by atoms with E-state index in [2.05, 4.69) is 20.9 Å². The number of hydrogen-bond acceptors (Lipinski definition) is 13. The van der Waals surface area contributed by atoms with Gasteiger partial charge in [-0.1, -0.05) is 54.6 Å². The molecule has 0 aliphatic rings. The zero-order valence-corrected chi connectivity index (χ0v) is 54.3. The highest BCUT2D eigenvalue weighted by atomic mass is 31.2. The van der Waals surface area contributed by atoms with Crippen molar-refractivity contribution in [1.29, 1.82) is 5.26 Å². The predicted octanol–water partition coefficient (Wildman–Crippen LogP) is 16.5. The summed E-state index contributed by atoms with van der Waals surface area (Å²) in [5, 5.41) is 21.9. The van der Waals surface area contributed by atoms with Gasteiger partial charge in [-0.05, 0) is 130 Å². The Hall–Kier alpha value is -7.43. The summed E-state index contributed by atoms with van der Waals surface area (Å²) in [6.45, 7) is 4.87. The van der Waals surface area contributed by atoms with Crippen molar-refractivity contribution in [2.75, 3.05) is 72.7 Å². The fraction of sp³-hybridized carbons (Fsp3) is 0.484. The van der Waals surface area contributed by atoms with Crippen molar-refractivity contribution in [3.8, 4) is 17.6 Å². The first kappa shape index (κ1) is 80.3. The molecule has 0 aromatic heterocycles.